The van der Waals surface area contributed by atoms with Gasteiger partial charge in [0.15, 0.2) is 0 Å². The van der Waals surface area contributed by atoms with Crippen molar-refractivity contribution in [3.05, 3.63) is 36.0 Å². The maximum Gasteiger partial charge on any atom is 0.136 e. The van der Waals surface area contributed by atoms with E-state index >= 15 is 0 Å². The van der Waals surface area contributed by atoms with Gasteiger partial charge in [0.25, 0.3) is 0 Å². The number of nitrogens with zero attached hydrogens (tertiary/aromatic N) is 2. The summed E-state index contributed by atoms with van der Waals surface area (Å²) >= 11 is 0. The minimum Gasteiger partial charge on any atom is -0.359 e. The van der Waals surface area contributed by atoms with Crippen molar-refractivity contribution in [2.75, 3.05) is 25.5 Å². The first kappa shape index (κ1) is 14.8. The molecule has 3 heteroatoms. The molecule has 0 aliphatic heterocycles. The summed E-state index contributed by atoms with van der Waals surface area (Å²) in [5.41, 5.74) is 1.10. The second-order valence-electron chi connectivity index (χ2n) is 5.32. The Bertz CT molecular complexity index is 551. The first-order chi connectivity index (χ1) is 9.76. The van der Waals surface area contributed by atoms with Gasteiger partial charge in [0, 0.05) is 25.5 Å². The van der Waals surface area contributed by atoms with Crippen LogP contribution in [0.1, 0.15) is 31.9 Å². The van der Waals surface area contributed by atoms with Crippen LogP contribution in [0, 0.1) is 0 Å². The first-order valence-electron chi connectivity index (χ1n) is 7.50. The molecule has 0 aliphatic carbocycles. The molecule has 2 rings (SSSR count). The van der Waals surface area contributed by atoms with Crippen LogP contribution in [0.5, 0.6) is 0 Å². The van der Waals surface area contributed by atoms with Gasteiger partial charge in [0.05, 0.1) is 5.69 Å². The monoisotopic (exact) mass is 271 g/mol. The van der Waals surface area contributed by atoms with Gasteiger partial charge >= 0.3 is 0 Å². The van der Waals surface area contributed by atoms with Gasteiger partial charge in [-0.05, 0) is 24.9 Å². The molecule has 0 saturated carbocycles. The van der Waals surface area contributed by atoms with E-state index in [0.29, 0.717) is 0 Å². The molecule has 0 aliphatic rings. The molecule has 0 radical (unpaired) electrons. The summed E-state index contributed by atoms with van der Waals surface area (Å²) in [7, 11) is 4.11. The summed E-state index contributed by atoms with van der Waals surface area (Å²) in [6, 6.07) is 10.7. The van der Waals surface area contributed by atoms with Crippen molar-refractivity contribution < 1.29 is 0 Å². The van der Waals surface area contributed by atoms with Crippen molar-refractivity contribution in [3.8, 4) is 0 Å². The molecule has 1 aromatic heterocycles. The van der Waals surface area contributed by atoms with Crippen molar-refractivity contribution >= 4 is 16.6 Å². The van der Waals surface area contributed by atoms with Gasteiger partial charge in [-0.3, -0.25) is 0 Å². The van der Waals surface area contributed by atoms with Crippen LogP contribution < -0.4 is 10.2 Å². The Morgan fingerprint density at radius 3 is 2.75 bits per heavy atom. The lowest BCUT2D eigenvalue weighted by Crippen LogP contribution is -2.21. The van der Waals surface area contributed by atoms with Crippen LogP contribution in [-0.2, 0) is 6.54 Å². The number of pyridine rings is 1. The molecule has 0 spiro atoms. The fourth-order valence-corrected chi connectivity index (χ4v) is 2.50. The normalized spacial score (nSPS) is 10.9. The molecule has 2 aromatic rings. The first-order valence-corrected chi connectivity index (χ1v) is 7.50. The SMILES string of the molecule is CCCCCN(C)c1nc(CNC)cc2ccccc12. The number of unbranched alkanes of at least 4 members (excludes halogenated alkanes) is 2. The second kappa shape index (κ2) is 7.25. The average Bonchev–Trinajstić information content (AvgIpc) is 2.47. The number of rotatable bonds is 7. The zero-order valence-corrected chi connectivity index (χ0v) is 12.8. The van der Waals surface area contributed by atoms with Gasteiger partial charge in [-0.2, -0.15) is 0 Å². The molecule has 0 saturated heterocycles. The van der Waals surface area contributed by atoms with E-state index in [1.165, 1.54) is 30.0 Å². The topological polar surface area (TPSA) is 28.2 Å². The molecule has 0 fully saturated rings. The summed E-state index contributed by atoms with van der Waals surface area (Å²) in [5.74, 6) is 1.10. The van der Waals surface area contributed by atoms with Gasteiger partial charge in [-0.1, -0.05) is 44.0 Å². The van der Waals surface area contributed by atoms with Gasteiger partial charge in [-0.25, -0.2) is 4.98 Å². The van der Waals surface area contributed by atoms with Crippen molar-refractivity contribution in [1.82, 2.24) is 10.3 Å². The van der Waals surface area contributed by atoms with Crippen LogP contribution in [0.3, 0.4) is 0 Å². The van der Waals surface area contributed by atoms with E-state index in [2.05, 4.69) is 54.5 Å². The second-order valence-corrected chi connectivity index (χ2v) is 5.32. The highest BCUT2D eigenvalue weighted by Gasteiger charge is 2.09. The highest BCUT2D eigenvalue weighted by molar-refractivity contribution is 5.92. The predicted molar refractivity (Wildman–Crippen MR) is 87.3 cm³/mol. The molecule has 108 valence electrons. The van der Waals surface area contributed by atoms with Gasteiger partial charge in [0.1, 0.15) is 5.82 Å². The lowest BCUT2D eigenvalue weighted by molar-refractivity contribution is 0.700. The largest absolute Gasteiger partial charge is 0.359 e. The van der Waals surface area contributed by atoms with Crippen molar-refractivity contribution in [1.29, 1.82) is 0 Å². The lowest BCUT2D eigenvalue weighted by Gasteiger charge is -2.21. The molecule has 1 heterocycles. The molecular weight excluding hydrogens is 246 g/mol. The third-order valence-electron chi connectivity index (χ3n) is 3.59. The molecular formula is C17H25N3. The van der Waals surface area contributed by atoms with E-state index in [1.54, 1.807) is 0 Å². The van der Waals surface area contributed by atoms with Crippen LogP contribution in [0.15, 0.2) is 30.3 Å². The highest BCUT2D eigenvalue weighted by Crippen LogP contribution is 2.25. The fourth-order valence-electron chi connectivity index (χ4n) is 2.50. The lowest BCUT2D eigenvalue weighted by atomic mass is 10.1. The Labute approximate surface area is 122 Å². The summed E-state index contributed by atoms with van der Waals surface area (Å²) in [6.45, 7) is 4.11. The Morgan fingerprint density at radius 1 is 1.20 bits per heavy atom. The number of anilines is 1. The average molecular weight is 271 g/mol. The molecule has 0 amide bonds. The Morgan fingerprint density at radius 2 is 2.00 bits per heavy atom. The minimum atomic E-state index is 0.806. The van der Waals surface area contributed by atoms with Crippen LogP contribution in [-0.4, -0.2) is 25.6 Å². The van der Waals surface area contributed by atoms with E-state index in [1.807, 2.05) is 7.05 Å². The summed E-state index contributed by atoms with van der Waals surface area (Å²) in [5, 5.41) is 5.70. The number of fused-ring (bicyclic) bond motifs is 1. The molecule has 0 unspecified atom stereocenters. The van der Waals surface area contributed by atoms with E-state index in [4.69, 9.17) is 4.98 Å². The number of nitrogens with one attached hydrogen (secondary N) is 1. The van der Waals surface area contributed by atoms with Gasteiger partial charge in [0.2, 0.25) is 0 Å². The van der Waals surface area contributed by atoms with Crippen LogP contribution in [0.2, 0.25) is 0 Å². The predicted octanol–water partition coefficient (Wildman–Crippen LogP) is 3.58. The molecule has 3 nitrogen and oxygen atoms in total. The standard InChI is InChI=1S/C17H25N3/c1-4-5-8-11-20(3)17-16-10-7-6-9-14(16)12-15(19-17)13-18-2/h6-7,9-10,12,18H,4-5,8,11,13H2,1-3H3. The Hall–Kier alpha value is -1.61. The van der Waals surface area contributed by atoms with E-state index in [-0.39, 0.29) is 0 Å². The van der Waals surface area contributed by atoms with Crippen LogP contribution in [0.4, 0.5) is 5.82 Å². The fraction of sp³-hybridized carbons (Fsp3) is 0.471. The zero-order chi connectivity index (χ0) is 14.4. The number of hydrogen-bond donors (Lipinski definition) is 1. The van der Waals surface area contributed by atoms with Crippen LogP contribution >= 0.6 is 0 Å². The van der Waals surface area contributed by atoms with E-state index < -0.39 is 0 Å². The molecule has 1 N–H and O–H groups in total. The highest BCUT2D eigenvalue weighted by atomic mass is 15.2. The molecule has 0 bridgehead atoms. The zero-order valence-electron chi connectivity index (χ0n) is 12.8. The molecule has 1 aromatic carbocycles. The Kier molecular flexibility index (Phi) is 5.36. The van der Waals surface area contributed by atoms with Gasteiger partial charge in [-0.15, -0.1) is 0 Å². The van der Waals surface area contributed by atoms with Crippen LogP contribution in [0.25, 0.3) is 10.8 Å². The maximum atomic E-state index is 4.83. The summed E-state index contributed by atoms with van der Waals surface area (Å²) in [4.78, 5) is 7.12. The van der Waals surface area contributed by atoms with Crippen molar-refractivity contribution in [3.63, 3.8) is 0 Å². The van der Waals surface area contributed by atoms with E-state index in [0.717, 1.165) is 24.6 Å². The molecule has 20 heavy (non-hydrogen) atoms. The summed E-state index contributed by atoms with van der Waals surface area (Å²) in [6.07, 6.45) is 3.75. The number of benzene rings is 1. The minimum absolute atomic E-state index is 0.806. The Balaban J connectivity index is 2.33. The smallest absolute Gasteiger partial charge is 0.136 e. The maximum absolute atomic E-state index is 4.83. The third kappa shape index (κ3) is 3.48. The van der Waals surface area contributed by atoms with Crippen molar-refractivity contribution in [2.45, 2.75) is 32.7 Å². The number of hydrogen-bond acceptors (Lipinski definition) is 3. The van der Waals surface area contributed by atoms with E-state index in [9.17, 15) is 0 Å². The summed E-state index contributed by atoms with van der Waals surface area (Å²) < 4.78 is 0. The molecule has 0 atom stereocenters. The van der Waals surface area contributed by atoms with Gasteiger partial charge < -0.3 is 10.2 Å². The number of aromatic nitrogens is 1. The van der Waals surface area contributed by atoms with Crippen molar-refractivity contribution in [2.24, 2.45) is 0 Å². The third-order valence-corrected chi connectivity index (χ3v) is 3.59. The quantitative estimate of drug-likeness (QED) is 0.780.